The minimum atomic E-state index is -1.00. The maximum absolute atomic E-state index is 12.4. The quantitative estimate of drug-likeness (QED) is 0.601. The van der Waals surface area contributed by atoms with Gasteiger partial charge in [-0.1, -0.05) is 0 Å². The van der Waals surface area contributed by atoms with Crippen LogP contribution in [0.2, 0.25) is 0 Å². The number of benzene rings is 2. The second-order valence-corrected chi connectivity index (χ2v) is 5.91. The van der Waals surface area contributed by atoms with Gasteiger partial charge in [0.2, 0.25) is 0 Å². The molecule has 1 heterocycles. The number of esters is 1. The molecule has 0 fully saturated rings. The molecule has 0 aliphatic rings. The molecule has 0 saturated carbocycles. The third-order valence-corrected chi connectivity index (χ3v) is 4.02. The van der Waals surface area contributed by atoms with Gasteiger partial charge in [-0.25, -0.2) is 9.48 Å². The van der Waals surface area contributed by atoms with Crippen LogP contribution >= 0.6 is 0 Å². The number of carbonyl (C=O) groups is 2. The Labute approximate surface area is 166 Å². The lowest BCUT2D eigenvalue weighted by molar-refractivity contribution is -0.123. The van der Waals surface area contributed by atoms with Gasteiger partial charge >= 0.3 is 5.97 Å². The molecule has 0 aliphatic heterocycles. The van der Waals surface area contributed by atoms with E-state index < -0.39 is 18.0 Å². The predicted molar refractivity (Wildman–Crippen MR) is 102 cm³/mol. The normalized spacial score (nSPS) is 11.4. The molecule has 10 heteroatoms. The van der Waals surface area contributed by atoms with E-state index in [1.165, 1.54) is 32.2 Å². The van der Waals surface area contributed by atoms with Crippen LogP contribution in [0.3, 0.4) is 0 Å². The molecule has 29 heavy (non-hydrogen) atoms. The van der Waals surface area contributed by atoms with E-state index in [-0.39, 0.29) is 0 Å². The fourth-order valence-electron chi connectivity index (χ4n) is 2.47. The molecule has 1 atom stereocenters. The Kier molecular flexibility index (Phi) is 6.03. The van der Waals surface area contributed by atoms with Crippen molar-refractivity contribution in [1.82, 2.24) is 20.2 Å². The Balaban J connectivity index is 1.61. The number of carbonyl (C=O) groups excluding carboxylic acids is 2. The SMILES string of the molecule is COc1ccc(NC(=O)[C@@H](C)OC(=O)c2ccc(-n3cnnn3)cc2)cc1OC. The smallest absolute Gasteiger partial charge is 0.338 e. The van der Waals surface area contributed by atoms with Gasteiger partial charge < -0.3 is 19.5 Å². The molecule has 3 aromatic rings. The van der Waals surface area contributed by atoms with Gasteiger partial charge in [0.15, 0.2) is 17.6 Å². The van der Waals surface area contributed by atoms with E-state index in [1.54, 1.807) is 42.5 Å². The summed E-state index contributed by atoms with van der Waals surface area (Å²) in [6.07, 6.45) is 0.434. The van der Waals surface area contributed by atoms with E-state index in [1.807, 2.05) is 0 Å². The highest BCUT2D eigenvalue weighted by atomic mass is 16.5. The van der Waals surface area contributed by atoms with Gasteiger partial charge in [-0.3, -0.25) is 4.79 Å². The number of ether oxygens (including phenoxy) is 3. The first-order valence-corrected chi connectivity index (χ1v) is 8.59. The largest absolute Gasteiger partial charge is 0.493 e. The highest BCUT2D eigenvalue weighted by molar-refractivity contribution is 5.97. The molecule has 2 aromatic carbocycles. The van der Waals surface area contributed by atoms with Gasteiger partial charge in [-0.15, -0.1) is 5.10 Å². The summed E-state index contributed by atoms with van der Waals surface area (Å²) in [5, 5.41) is 13.5. The van der Waals surface area contributed by atoms with E-state index in [9.17, 15) is 9.59 Å². The molecule has 1 amide bonds. The zero-order valence-electron chi connectivity index (χ0n) is 16.0. The molecule has 0 radical (unpaired) electrons. The van der Waals surface area contributed by atoms with E-state index in [0.29, 0.717) is 28.4 Å². The van der Waals surface area contributed by atoms with Crippen molar-refractivity contribution in [2.24, 2.45) is 0 Å². The summed E-state index contributed by atoms with van der Waals surface area (Å²) in [5.41, 5.74) is 1.47. The predicted octanol–water partition coefficient (Wildman–Crippen LogP) is 1.86. The highest BCUT2D eigenvalue weighted by Crippen LogP contribution is 2.29. The summed E-state index contributed by atoms with van der Waals surface area (Å²) >= 11 is 0. The van der Waals surface area contributed by atoms with Crippen LogP contribution in [0, 0.1) is 0 Å². The maximum atomic E-state index is 12.4. The monoisotopic (exact) mass is 397 g/mol. The first-order chi connectivity index (χ1) is 14.0. The van der Waals surface area contributed by atoms with E-state index in [0.717, 1.165) is 0 Å². The van der Waals surface area contributed by atoms with Crippen molar-refractivity contribution >= 4 is 17.6 Å². The van der Waals surface area contributed by atoms with Crippen LogP contribution in [0.4, 0.5) is 5.69 Å². The fourth-order valence-corrected chi connectivity index (χ4v) is 2.47. The van der Waals surface area contributed by atoms with Crippen molar-refractivity contribution in [2.75, 3.05) is 19.5 Å². The number of aromatic nitrogens is 4. The number of rotatable bonds is 7. The lowest BCUT2D eigenvalue weighted by atomic mass is 10.2. The molecule has 0 spiro atoms. The first kappa shape index (κ1) is 19.8. The Hall–Kier alpha value is -3.95. The molecule has 0 bridgehead atoms. The van der Waals surface area contributed by atoms with Gasteiger partial charge in [0.1, 0.15) is 6.33 Å². The lowest BCUT2D eigenvalue weighted by Crippen LogP contribution is -2.30. The van der Waals surface area contributed by atoms with Gasteiger partial charge in [0.25, 0.3) is 5.91 Å². The van der Waals surface area contributed by atoms with Crippen molar-refractivity contribution < 1.29 is 23.8 Å². The topological polar surface area (TPSA) is 117 Å². The average molecular weight is 397 g/mol. The molecule has 0 unspecified atom stereocenters. The molecule has 10 nitrogen and oxygen atoms in total. The van der Waals surface area contributed by atoms with E-state index in [2.05, 4.69) is 20.8 Å². The average Bonchev–Trinajstić information content (AvgIpc) is 3.28. The molecular formula is C19H19N5O5. The minimum Gasteiger partial charge on any atom is -0.493 e. The third-order valence-electron chi connectivity index (χ3n) is 4.02. The molecule has 0 saturated heterocycles. The number of hydrogen-bond acceptors (Lipinski definition) is 8. The number of nitrogens with zero attached hydrogens (tertiary/aromatic N) is 4. The second-order valence-electron chi connectivity index (χ2n) is 5.91. The zero-order chi connectivity index (χ0) is 20.8. The summed E-state index contributed by atoms with van der Waals surface area (Å²) in [6.45, 7) is 1.49. The molecule has 0 aliphatic carbocycles. The van der Waals surface area contributed by atoms with Crippen molar-refractivity contribution in [3.63, 3.8) is 0 Å². The van der Waals surface area contributed by atoms with Crippen molar-refractivity contribution in [3.05, 3.63) is 54.4 Å². The Morgan fingerprint density at radius 3 is 2.38 bits per heavy atom. The van der Waals surface area contributed by atoms with Gasteiger partial charge in [0, 0.05) is 11.8 Å². The van der Waals surface area contributed by atoms with Crippen LogP contribution in [-0.2, 0) is 9.53 Å². The number of amides is 1. The van der Waals surface area contributed by atoms with Crippen molar-refractivity contribution in [3.8, 4) is 17.2 Å². The molecule has 150 valence electrons. The van der Waals surface area contributed by atoms with Crippen LogP contribution in [-0.4, -0.2) is 52.4 Å². The molecule has 1 aromatic heterocycles. The van der Waals surface area contributed by atoms with Crippen LogP contribution in [0.5, 0.6) is 11.5 Å². The summed E-state index contributed by atoms with van der Waals surface area (Å²) in [5.74, 6) is -0.0909. The number of nitrogens with one attached hydrogen (secondary N) is 1. The first-order valence-electron chi connectivity index (χ1n) is 8.59. The Bertz CT molecular complexity index is 989. The fraction of sp³-hybridized carbons (Fsp3) is 0.211. The number of anilines is 1. The van der Waals surface area contributed by atoms with Crippen LogP contribution in [0.25, 0.3) is 5.69 Å². The molecular weight excluding hydrogens is 378 g/mol. The Morgan fingerprint density at radius 2 is 1.76 bits per heavy atom. The van der Waals surface area contributed by atoms with Crippen LogP contribution in [0.15, 0.2) is 48.8 Å². The number of hydrogen-bond donors (Lipinski definition) is 1. The highest BCUT2D eigenvalue weighted by Gasteiger charge is 2.19. The van der Waals surface area contributed by atoms with E-state index in [4.69, 9.17) is 14.2 Å². The summed E-state index contributed by atoms with van der Waals surface area (Å²) in [6, 6.07) is 11.4. The molecule has 3 rings (SSSR count). The van der Waals surface area contributed by atoms with Crippen molar-refractivity contribution in [2.45, 2.75) is 13.0 Å². The molecule has 1 N–H and O–H groups in total. The van der Waals surface area contributed by atoms with Crippen molar-refractivity contribution in [1.29, 1.82) is 0 Å². The Morgan fingerprint density at radius 1 is 1.03 bits per heavy atom. The van der Waals surface area contributed by atoms with Crippen LogP contribution < -0.4 is 14.8 Å². The third kappa shape index (κ3) is 4.67. The number of tetrazole rings is 1. The standard InChI is InChI=1S/C19H19N5O5/c1-12(18(25)21-14-6-9-16(27-2)17(10-14)28-3)29-19(26)13-4-7-15(8-5-13)24-11-20-22-23-24/h4-12H,1-3H3,(H,21,25)/t12-/m1/s1. The minimum absolute atomic E-state index is 0.299. The maximum Gasteiger partial charge on any atom is 0.338 e. The summed E-state index contributed by atoms with van der Waals surface area (Å²) in [4.78, 5) is 24.7. The van der Waals surface area contributed by atoms with Gasteiger partial charge in [0.05, 0.1) is 25.5 Å². The summed E-state index contributed by atoms with van der Waals surface area (Å²) in [7, 11) is 3.02. The number of methoxy groups -OCH3 is 2. The van der Waals surface area contributed by atoms with Gasteiger partial charge in [-0.05, 0) is 53.7 Å². The van der Waals surface area contributed by atoms with Crippen LogP contribution in [0.1, 0.15) is 17.3 Å². The second kappa shape index (κ2) is 8.83. The van der Waals surface area contributed by atoms with Gasteiger partial charge in [-0.2, -0.15) is 0 Å². The summed E-state index contributed by atoms with van der Waals surface area (Å²) < 4.78 is 17.1. The van der Waals surface area contributed by atoms with E-state index >= 15 is 0 Å². The zero-order valence-corrected chi connectivity index (χ0v) is 16.0. The lowest BCUT2D eigenvalue weighted by Gasteiger charge is -2.15.